The predicted molar refractivity (Wildman–Crippen MR) is 79.1 cm³/mol. The number of guanidine groups is 1. The van der Waals surface area contributed by atoms with Crippen LogP contribution in [0.25, 0.3) is 0 Å². The number of methoxy groups -OCH3 is 1. The molecule has 1 aromatic carbocycles. The van der Waals surface area contributed by atoms with Crippen molar-refractivity contribution in [3.63, 3.8) is 0 Å². The van der Waals surface area contributed by atoms with Gasteiger partial charge in [0.05, 0.1) is 13.7 Å². The molecular weight excluding hydrogens is 270 g/mol. The van der Waals surface area contributed by atoms with E-state index in [1.807, 2.05) is 24.3 Å². The Bertz CT molecular complexity index is 592. The van der Waals surface area contributed by atoms with Crippen molar-refractivity contribution in [1.82, 2.24) is 20.8 Å². The van der Waals surface area contributed by atoms with E-state index in [0.717, 1.165) is 11.3 Å². The molecule has 0 radical (unpaired) electrons. The maximum absolute atomic E-state index is 5.13. The van der Waals surface area contributed by atoms with Gasteiger partial charge in [-0.15, -0.1) is 0 Å². The predicted octanol–water partition coefficient (Wildman–Crippen LogP) is 1.25. The molecule has 0 spiro atoms. The minimum Gasteiger partial charge on any atom is -0.497 e. The van der Waals surface area contributed by atoms with Crippen molar-refractivity contribution in [2.45, 2.75) is 20.0 Å². The minimum atomic E-state index is 0.434. The van der Waals surface area contributed by atoms with Crippen LogP contribution in [0.5, 0.6) is 5.75 Å². The maximum atomic E-state index is 5.13. The molecule has 0 aliphatic carbocycles. The van der Waals surface area contributed by atoms with Gasteiger partial charge in [0.15, 0.2) is 11.8 Å². The summed E-state index contributed by atoms with van der Waals surface area (Å²) in [5.41, 5.74) is 1.13. The Morgan fingerprint density at radius 1 is 1.24 bits per heavy atom. The average molecular weight is 289 g/mol. The first-order chi connectivity index (χ1) is 10.2. The molecule has 112 valence electrons. The van der Waals surface area contributed by atoms with Gasteiger partial charge in [-0.05, 0) is 24.6 Å². The summed E-state index contributed by atoms with van der Waals surface area (Å²) in [4.78, 5) is 8.26. The number of aliphatic imine (C=N–C) groups is 1. The van der Waals surface area contributed by atoms with Crippen LogP contribution < -0.4 is 15.4 Å². The van der Waals surface area contributed by atoms with Crippen molar-refractivity contribution in [3.8, 4) is 5.75 Å². The van der Waals surface area contributed by atoms with Gasteiger partial charge >= 0.3 is 0 Å². The monoisotopic (exact) mass is 289 g/mol. The number of aryl methyl sites for hydroxylation is 1. The van der Waals surface area contributed by atoms with Crippen LogP contribution in [0.3, 0.4) is 0 Å². The second-order valence-corrected chi connectivity index (χ2v) is 4.36. The lowest BCUT2D eigenvalue weighted by atomic mass is 10.2. The Balaban J connectivity index is 1.81. The molecule has 0 atom stereocenters. The Morgan fingerprint density at radius 3 is 2.52 bits per heavy atom. The second-order valence-electron chi connectivity index (χ2n) is 4.36. The number of benzene rings is 1. The highest BCUT2D eigenvalue weighted by atomic mass is 16.5. The molecule has 7 heteroatoms. The van der Waals surface area contributed by atoms with E-state index in [-0.39, 0.29) is 0 Å². The first-order valence-electron chi connectivity index (χ1n) is 6.58. The normalized spacial score (nSPS) is 11.3. The molecule has 1 aromatic heterocycles. The third-order valence-corrected chi connectivity index (χ3v) is 2.82. The number of rotatable bonds is 5. The minimum absolute atomic E-state index is 0.434. The van der Waals surface area contributed by atoms with Gasteiger partial charge in [-0.2, -0.15) is 4.98 Å². The first-order valence-corrected chi connectivity index (χ1v) is 6.58. The molecular formula is C14H19N5O2. The van der Waals surface area contributed by atoms with Gasteiger partial charge in [0, 0.05) is 13.6 Å². The lowest BCUT2D eigenvalue weighted by Crippen LogP contribution is -2.36. The summed E-state index contributed by atoms with van der Waals surface area (Å²) in [5.74, 6) is 2.66. The summed E-state index contributed by atoms with van der Waals surface area (Å²) in [5, 5.41) is 10.1. The van der Waals surface area contributed by atoms with E-state index in [0.29, 0.717) is 30.8 Å². The average Bonchev–Trinajstić information content (AvgIpc) is 2.93. The smallest absolute Gasteiger partial charge is 0.246 e. The molecule has 0 bridgehead atoms. The second kappa shape index (κ2) is 7.28. The van der Waals surface area contributed by atoms with Crippen LogP contribution in [0, 0.1) is 6.92 Å². The zero-order valence-corrected chi connectivity index (χ0v) is 12.4. The molecule has 2 N–H and O–H groups in total. The van der Waals surface area contributed by atoms with E-state index in [1.165, 1.54) is 0 Å². The molecule has 1 heterocycles. The third-order valence-electron chi connectivity index (χ3n) is 2.82. The summed E-state index contributed by atoms with van der Waals surface area (Å²) in [7, 11) is 3.36. The van der Waals surface area contributed by atoms with E-state index < -0.39 is 0 Å². The quantitative estimate of drug-likeness (QED) is 0.636. The fourth-order valence-electron chi connectivity index (χ4n) is 1.72. The van der Waals surface area contributed by atoms with Crippen LogP contribution in [0.2, 0.25) is 0 Å². The van der Waals surface area contributed by atoms with E-state index in [4.69, 9.17) is 9.26 Å². The van der Waals surface area contributed by atoms with Crippen molar-refractivity contribution in [2.75, 3.05) is 14.2 Å². The first kappa shape index (κ1) is 14.8. The Labute approximate surface area is 123 Å². The van der Waals surface area contributed by atoms with Crippen LogP contribution in [-0.4, -0.2) is 30.3 Å². The van der Waals surface area contributed by atoms with Crippen LogP contribution in [0.15, 0.2) is 33.8 Å². The molecule has 0 unspecified atom stereocenters. The summed E-state index contributed by atoms with van der Waals surface area (Å²) >= 11 is 0. The fourth-order valence-corrected chi connectivity index (χ4v) is 1.72. The Hall–Kier alpha value is -2.57. The molecule has 2 aromatic rings. The highest BCUT2D eigenvalue weighted by Crippen LogP contribution is 2.10. The molecule has 0 saturated heterocycles. The van der Waals surface area contributed by atoms with E-state index in [2.05, 4.69) is 25.8 Å². The van der Waals surface area contributed by atoms with Crippen molar-refractivity contribution in [2.24, 2.45) is 4.99 Å². The van der Waals surface area contributed by atoms with Gasteiger partial charge in [-0.25, -0.2) is 0 Å². The van der Waals surface area contributed by atoms with Crippen molar-refractivity contribution >= 4 is 5.96 Å². The summed E-state index contributed by atoms with van der Waals surface area (Å²) in [6, 6.07) is 7.85. The maximum Gasteiger partial charge on any atom is 0.246 e. The molecule has 7 nitrogen and oxygen atoms in total. The topological polar surface area (TPSA) is 84.6 Å². The number of hydrogen-bond acceptors (Lipinski definition) is 5. The lowest BCUT2D eigenvalue weighted by Gasteiger charge is -2.10. The summed E-state index contributed by atoms with van der Waals surface area (Å²) in [6.45, 7) is 2.87. The van der Waals surface area contributed by atoms with Gasteiger partial charge in [0.2, 0.25) is 5.89 Å². The standard InChI is InChI=1S/C14H19N5O2/c1-10-18-13(21-19-10)9-17-14(15-2)16-8-11-4-6-12(20-3)7-5-11/h4-7H,8-9H2,1-3H3,(H2,15,16,17). The van der Waals surface area contributed by atoms with Gasteiger partial charge in [0.1, 0.15) is 5.75 Å². The summed E-state index contributed by atoms with van der Waals surface area (Å²) < 4.78 is 10.2. The molecule has 0 aliphatic rings. The number of nitrogens with one attached hydrogen (secondary N) is 2. The number of ether oxygens (including phenoxy) is 1. The highest BCUT2D eigenvalue weighted by molar-refractivity contribution is 5.79. The van der Waals surface area contributed by atoms with Gasteiger partial charge in [-0.3, -0.25) is 4.99 Å². The SMILES string of the molecule is CN=C(NCc1ccc(OC)cc1)NCc1nc(C)no1. The van der Waals surface area contributed by atoms with Crippen LogP contribution in [0.4, 0.5) is 0 Å². The third kappa shape index (κ3) is 4.48. The van der Waals surface area contributed by atoms with Gasteiger partial charge in [0.25, 0.3) is 0 Å². The van der Waals surface area contributed by atoms with E-state index in [9.17, 15) is 0 Å². The lowest BCUT2D eigenvalue weighted by molar-refractivity contribution is 0.371. The van der Waals surface area contributed by atoms with E-state index in [1.54, 1.807) is 21.1 Å². The molecule has 0 saturated carbocycles. The van der Waals surface area contributed by atoms with Gasteiger partial charge < -0.3 is 19.9 Å². The molecule has 0 fully saturated rings. The Kier molecular flexibility index (Phi) is 5.14. The molecule has 0 aliphatic heterocycles. The van der Waals surface area contributed by atoms with Crippen LogP contribution >= 0.6 is 0 Å². The molecule has 21 heavy (non-hydrogen) atoms. The largest absolute Gasteiger partial charge is 0.497 e. The fraction of sp³-hybridized carbons (Fsp3) is 0.357. The van der Waals surface area contributed by atoms with Crippen molar-refractivity contribution in [3.05, 3.63) is 41.5 Å². The molecule has 2 rings (SSSR count). The van der Waals surface area contributed by atoms with Gasteiger partial charge in [-0.1, -0.05) is 17.3 Å². The number of hydrogen-bond donors (Lipinski definition) is 2. The van der Waals surface area contributed by atoms with Crippen LogP contribution in [0.1, 0.15) is 17.3 Å². The number of aromatic nitrogens is 2. The van der Waals surface area contributed by atoms with E-state index >= 15 is 0 Å². The van der Waals surface area contributed by atoms with Crippen LogP contribution in [-0.2, 0) is 13.1 Å². The Morgan fingerprint density at radius 2 is 1.95 bits per heavy atom. The zero-order valence-electron chi connectivity index (χ0n) is 12.4. The van der Waals surface area contributed by atoms with Crippen molar-refractivity contribution in [1.29, 1.82) is 0 Å². The number of nitrogens with zero attached hydrogens (tertiary/aromatic N) is 3. The zero-order chi connectivity index (χ0) is 15.1. The molecule has 0 amide bonds. The summed E-state index contributed by atoms with van der Waals surface area (Å²) in [6.07, 6.45) is 0. The van der Waals surface area contributed by atoms with Crippen molar-refractivity contribution < 1.29 is 9.26 Å². The highest BCUT2D eigenvalue weighted by Gasteiger charge is 2.04.